The summed E-state index contributed by atoms with van der Waals surface area (Å²) in [5.74, 6) is 2.93. The van der Waals surface area contributed by atoms with E-state index >= 15 is 0 Å². The fraction of sp³-hybridized carbons (Fsp3) is 0.500. The maximum Gasteiger partial charge on any atom is 0.243 e. The third kappa shape index (κ3) is 3.12. The quantitative estimate of drug-likeness (QED) is 0.885. The van der Waals surface area contributed by atoms with Gasteiger partial charge in [-0.3, -0.25) is 0 Å². The van der Waals surface area contributed by atoms with Gasteiger partial charge in [0.2, 0.25) is 5.95 Å². The Morgan fingerprint density at radius 3 is 3.12 bits per heavy atom. The minimum atomic E-state index is 0.387. The third-order valence-corrected chi connectivity index (χ3v) is 3.58. The Balaban J connectivity index is 2.08. The minimum Gasteiger partial charge on any atom is -0.350 e. The summed E-state index contributed by atoms with van der Waals surface area (Å²) in [6, 6.07) is 4.45. The molecule has 0 amide bonds. The molecule has 0 saturated heterocycles. The van der Waals surface area contributed by atoms with E-state index in [1.165, 1.54) is 5.56 Å². The van der Waals surface area contributed by atoms with Crippen LogP contribution in [0.2, 0.25) is 0 Å². The van der Waals surface area contributed by atoms with E-state index in [0.29, 0.717) is 12.0 Å². The van der Waals surface area contributed by atoms with Gasteiger partial charge in [-0.15, -0.1) is 5.10 Å². The molecule has 0 fully saturated rings. The number of hydrogen-bond acceptors (Lipinski definition) is 4. The Kier molecular flexibility index (Phi) is 3.89. The standard InChI is InChI=1S/C12H18N4S/c1-4-17-8-10(3)13-12-14-11-7-9(2)5-6-16(11)15-12/h5-7,10H,4,8H2,1-3H3,(H,13,15). The van der Waals surface area contributed by atoms with Gasteiger partial charge < -0.3 is 5.32 Å². The molecule has 0 saturated carbocycles. The van der Waals surface area contributed by atoms with E-state index in [1.54, 1.807) is 4.52 Å². The first-order chi connectivity index (χ1) is 8.19. The summed E-state index contributed by atoms with van der Waals surface area (Å²) in [7, 11) is 0. The number of aryl methyl sites for hydroxylation is 1. The summed E-state index contributed by atoms with van der Waals surface area (Å²) < 4.78 is 1.80. The number of aromatic nitrogens is 3. The van der Waals surface area contributed by atoms with Crippen LogP contribution in [-0.2, 0) is 0 Å². The van der Waals surface area contributed by atoms with Gasteiger partial charge in [0.05, 0.1) is 0 Å². The van der Waals surface area contributed by atoms with Gasteiger partial charge in [0.25, 0.3) is 0 Å². The average molecular weight is 250 g/mol. The highest BCUT2D eigenvalue weighted by Crippen LogP contribution is 2.10. The molecule has 1 atom stereocenters. The van der Waals surface area contributed by atoms with Crippen molar-refractivity contribution in [2.45, 2.75) is 26.8 Å². The molecule has 92 valence electrons. The molecular weight excluding hydrogens is 232 g/mol. The summed E-state index contributed by atoms with van der Waals surface area (Å²) in [5, 5.41) is 7.71. The number of rotatable bonds is 5. The van der Waals surface area contributed by atoms with Crippen LogP contribution >= 0.6 is 11.8 Å². The molecule has 5 heteroatoms. The van der Waals surface area contributed by atoms with Gasteiger partial charge in [-0.05, 0) is 37.3 Å². The topological polar surface area (TPSA) is 42.2 Å². The Morgan fingerprint density at radius 1 is 1.53 bits per heavy atom. The molecule has 0 radical (unpaired) electrons. The van der Waals surface area contributed by atoms with E-state index in [9.17, 15) is 0 Å². The highest BCUT2D eigenvalue weighted by atomic mass is 32.2. The van der Waals surface area contributed by atoms with Crippen LogP contribution in [0.25, 0.3) is 5.65 Å². The Labute approximate surface area is 106 Å². The van der Waals surface area contributed by atoms with E-state index in [2.05, 4.69) is 36.2 Å². The smallest absolute Gasteiger partial charge is 0.243 e. The zero-order valence-electron chi connectivity index (χ0n) is 10.5. The number of nitrogens with zero attached hydrogens (tertiary/aromatic N) is 3. The van der Waals surface area contributed by atoms with Gasteiger partial charge in [0, 0.05) is 18.0 Å². The summed E-state index contributed by atoms with van der Waals surface area (Å²) in [6.07, 6.45) is 1.94. The SMILES string of the molecule is CCSCC(C)Nc1nc2cc(C)ccn2n1. The summed E-state index contributed by atoms with van der Waals surface area (Å²) in [5.41, 5.74) is 2.09. The molecule has 2 aromatic rings. The third-order valence-electron chi connectivity index (χ3n) is 2.44. The molecule has 0 aromatic carbocycles. The number of pyridine rings is 1. The fourth-order valence-corrected chi connectivity index (χ4v) is 2.27. The van der Waals surface area contributed by atoms with Crippen molar-refractivity contribution in [3.63, 3.8) is 0 Å². The highest BCUT2D eigenvalue weighted by molar-refractivity contribution is 7.99. The van der Waals surface area contributed by atoms with Crippen molar-refractivity contribution in [2.24, 2.45) is 0 Å². The van der Waals surface area contributed by atoms with Crippen molar-refractivity contribution >= 4 is 23.4 Å². The monoisotopic (exact) mass is 250 g/mol. The van der Waals surface area contributed by atoms with Crippen LogP contribution in [0, 0.1) is 6.92 Å². The molecule has 1 unspecified atom stereocenters. The predicted molar refractivity (Wildman–Crippen MR) is 73.8 cm³/mol. The van der Waals surface area contributed by atoms with Gasteiger partial charge in [-0.25, -0.2) is 4.52 Å². The van der Waals surface area contributed by atoms with Gasteiger partial charge in [-0.2, -0.15) is 16.7 Å². The highest BCUT2D eigenvalue weighted by Gasteiger charge is 2.07. The molecule has 0 aliphatic heterocycles. The lowest BCUT2D eigenvalue weighted by atomic mass is 10.3. The van der Waals surface area contributed by atoms with Crippen molar-refractivity contribution < 1.29 is 0 Å². The zero-order valence-corrected chi connectivity index (χ0v) is 11.3. The lowest BCUT2D eigenvalue weighted by Gasteiger charge is -2.10. The first-order valence-electron chi connectivity index (χ1n) is 5.86. The Hall–Kier alpha value is -1.23. The minimum absolute atomic E-state index is 0.387. The summed E-state index contributed by atoms with van der Waals surface area (Å²) in [6.45, 7) is 6.38. The first-order valence-corrected chi connectivity index (χ1v) is 7.02. The molecule has 2 heterocycles. The van der Waals surface area contributed by atoms with E-state index in [4.69, 9.17) is 0 Å². The fourth-order valence-electron chi connectivity index (χ4n) is 1.60. The van der Waals surface area contributed by atoms with Crippen molar-refractivity contribution in [1.82, 2.24) is 14.6 Å². The van der Waals surface area contributed by atoms with Crippen LogP contribution in [0.5, 0.6) is 0 Å². The molecule has 1 N–H and O–H groups in total. The van der Waals surface area contributed by atoms with Crippen molar-refractivity contribution in [2.75, 3.05) is 16.8 Å². The lowest BCUT2D eigenvalue weighted by molar-refractivity contribution is 0.874. The van der Waals surface area contributed by atoms with Crippen LogP contribution in [-0.4, -0.2) is 32.1 Å². The zero-order chi connectivity index (χ0) is 12.3. The van der Waals surface area contributed by atoms with E-state index < -0.39 is 0 Å². The molecule has 0 bridgehead atoms. The van der Waals surface area contributed by atoms with Crippen LogP contribution in [0.4, 0.5) is 5.95 Å². The Bertz CT molecular complexity index is 494. The van der Waals surface area contributed by atoms with Crippen LogP contribution < -0.4 is 5.32 Å². The predicted octanol–water partition coefficient (Wildman–Crippen LogP) is 2.59. The molecule has 0 aliphatic rings. The molecule has 2 rings (SSSR count). The van der Waals surface area contributed by atoms with Gasteiger partial charge in [0.1, 0.15) is 0 Å². The maximum atomic E-state index is 4.45. The second kappa shape index (κ2) is 5.40. The van der Waals surface area contributed by atoms with Crippen LogP contribution in [0.3, 0.4) is 0 Å². The average Bonchev–Trinajstić information content (AvgIpc) is 2.67. The normalized spacial score (nSPS) is 12.9. The van der Waals surface area contributed by atoms with Crippen molar-refractivity contribution in [1.29, 1.82) is 0 Å². The molecular formula is C12H18N4S. The van der Waals surface area contributed by atoms with E-state index in [0.717, 1.165) is 17.2 Å². The molecule has 0 aliphatic carbocycles. The molecule has 0 spiro atoms. The molecule has 17 heavy (non-hydrogen) atoms. The first kappa shape index (κ1) is 12.2. The number of fused-ring (bicyclic) bond motifs is 1. The lowest BCUT2D eigenvalue weighted by Crippen LogP contribution is -2.18. The Morgan fingerprint density at radius 2 is 2.35 bits per heavy atom. The number of anilines is 1. The second-order valence-electron chi connectivity index (χ2n) is 4.15. The number of nitrogens with one attached hydrogen (secondary N) is 1. The number of thioether (sulfide) groups is 1. The molecule has 2 aromatic heterocycles. The summed E-state index contributed by atoms with van der Waals surface area (Å²) in [4.78, 5) is 4.45. The van der Waals surface area contributed by atoms with Crippen LogP contribution in [0.15, 0.2) is 18.3 Å². The van der Waals surface area contributed by atoms with Gasteiger partial charge >= 0.3 is 0 Å². The van der Waals surface area contributed by atoms with E-state index in [1.807, 2.05) is 30.1 Å². The molecule has 4 nitrogen and oxygen atoms in total. The largest absolute Gasteiger partial charge is 0.350 e. The summed E-state index contributed by atoms with van der Waals surface area (Å²) >= 11 is 1.92. The number of hydrogen-bond donors (Lipinski definition) is 1. The second-order valence-corrected chi connectivity index (χ2v) is 5.47. The van der Waals surface area contributed by atoms with Gasteiger partial charge in [0.15, 0.2) is 5.65 Å². The van der Waals surface area contributed by atoms with Crippen molar-refractivity contribution in [3.05, 3.63) is 23.9 Å². The van der Waals surface area contributed by atoms with E-state index in [-0.39, 0.29) is 0 Å². The van der Waals surface area contributed by atoms with Crippen LogP contribution in [0.1, 0.15) is 19.4 Å². The van der Waals surface area contributed by atoms with Gasteiger partial charge in [-0.1, -0.05) is 6.92 Å². The maximum absolute atomic E-state index is 4.45. The van der Waals surface area contributed by atoms with Crippen molar-refractivity contribution in [3.8, 4) is 0 Å².